The monoisotopic (exact) mass is 504 g/mol. The second-order valence-corrected chi connectivity index (χ2v) is 9.02. The van der Waals surface area contributed by atoms with Crippen LogP contribution in [0.1, 0.15) is 22.6 Å². The molecule has 1 aliphatic heterocycles. The molecule has 0 unspecified atom stereocenters. The molecule has 6 aromatic rings. The molecule has 1 aliphatic rings. The first-order valence-corrected chi connectivity index (χ1v) is 12.1. The molecule has 3 heterocycles. The first-order chi connectivity index (χ1) is 18.6. The Kier molecular flexibility index (Phi) is 5.00. The fraction of sp³-hybridized carbons (Fsp3) is 0.100. The first kappa shape index (κ1) is 22.2. The van der Waals surface area contributed by atoms with Gasteiger partial charge in [0.25, 0.3) is 0 Å². The van der Waals surface area contributed by atoms with E-state index >= 15 is 0 Å². The molecule has 0 N–H and O–H groups in total. The molecule has 4 aromatic carbocycles. The van der Waals surface area contributed by atoms with Crippen molar-refractivity contribution in [3.05, 3.63) is 108 Å². The Labute approximate surface area is 217 Å². The van der Waals surface area contributed by atoms with Crippen LogP contribution in [0, 0.1) is 5.82 Å². The average molecular weight is 505 g/mol. The zero-order valence-electron chi connectivity index (χ0n) is 20.6. The van der Waals surface area contributed by atoms with E-state index < -0.39 is 0 Å². The van der Waals surface area contributed by atoms with E-state index in [2.05, 4.69) is 22.2 Å². The Bertz CT molecular complexity index is 1850. The standard InChI is InChI=1S/C30H21FN4O3/c1-36-22-13-10-19(15-24(22)37-2)25-26-21-6-4-3-5-17(21)9-14-23(26)38-30-27(25)29-33-28(34-35(29)16-32-30)18-7-11-20(31)12-8-18/h3-16,25H,1-2H3/t25-/m0/s1. The lowest BCUT2D eigenvalue weighted by Gasteiger charge is -2.29. The number of rotatable bonds is 4. The van der Waals surface area contributed by atoms with Crippen LogP contribution < -0.4 is 14.2 Å². The van der Waals surface area contributed by atoms with Gasteiger partial charge in [0.15, 0.2) is 23.0 Å². The lowest BCUT2D eigenvalue weighted by atomic mass is 9.81. The summed E-state index contributed by atoms with van der Waals surface area (Å²) in [6.07, 6.45) is 1.59. The Morgan fingerprint density at radius 2 is 1.68 bits per heavy atom. The normalized spacial score (nSPS) is 14.1. The Hall–Kier alpha value is -4.98. The van der Waals surface area contributed by atoms with Crippen LogP contribution >= 0.6 is 0 Å². The second kappa shape index (κ2) is 8.55. The van der Waals surface area contributed by atoms with E-state index in [1.165, 1.54) is 12.1 Å². The first-order valence-electron chi connectivity index (χ1n) is 12.1. The number of hydrogen-bond acceptors (Lipinski definition) is 6. The Morgan fingerprint density at radius 3 is 2.50 bits per heavy atom. The highest BCUT2D eigenvalue weighted by Gasteiger charge is 2.35. The number of benzene rings is 4. The maximum absolute atomic E-state index is 13.6. The molecule has 0 aliphatic carbocycles. The van der Waals surface area contributed by atoms with Crippen LogP contribution in [0.15, 0.2) is 85.2 Å². The molecule has 0 spiro atoms. The fourth-order valence-electron chi connectivity index (χ4n) is 5.19. The van der Waals surface area contributed by atoms with Crippen LogP contribution in [0.4, 0.5) is 4.39 Å². The van der Waals surface area contributed by atoms with Gasteiger partial charge in [0.2, 0.25) is 5.88 Å². The van der Waals surface area contributed by atoms with E-state index in [0.717, 1.165) is 33.2 Å². The van der Waals surface area contributed by atoms with Gasteiger partial charge in [-0.1, -0.05) is 36.4 Å². The summed E-state index contributed by atoms with van der Waals surface area (Å²) >= 11 is 0. The van der Waals surface area contributed by atoms with E-state index in [4.69, 9.17) is 19.2 Å². The number of nitrogens with zero attached hydrogens (tertiary/aromatic N) is 4. The predicted molar refractivity (Wildman–Crippen MR) is 141 cm³/mol. The Morgan fingerprint density at radius 1 is 0.868 bits per heavy atom. The van der Waals surface area contributed by atoms with Crippen LogP contribution in [0.5, 0.6) is 23.1 Å². The average Bonchev–Trinajstić information content (AvgIpc) is 3.40. The molecule has 38 heavy (non-hydrogen) atoms. The van der Waals surface area contributed by atoms with E-state index in [-0.39, 0.29) is 11.7 Å². The predicted octanol–water partition coefficient (Wildman–Crippen LogP) is 6.39. The molecular weight excluding hydrogens is 483 g/mol. The summed E-state index contributed by atoms with van der Waals surface area (Å²) in [7, 11) is 3.24. The largest absolute Gasteiger partial charge is 0.493 e. The summed E-state index contributed by atoms with van der Waals surface area (Å²) in [5.41, 5.74) is 4.06. The number of methoxy groups -OCH3 is 2. The number of ether oxygens (including phenoxy) is 3. The van der Waals surface area contributed by atoms with Crippen molar-refractivity contribution in [2.45, 2.75) is 5.92 Å². The molecule has 8 heteroatoms. The van der Waals surface area contributed by atoms with Gasteiger partial charge in [0.05, 0.1) is 19.8 Å². The van der Waals surface area contributed by atoms with Crippen molar-refractivity contribution in [3.63, 3.8) is 0 Å². The summed E-state index contributed by atoms with van der Waals surface area (Å²) in [6, 6.07) is 24.3. The second-order valence-electron chi connectivity index (χ2n) is 9.02. The molecule has 2 aromatic heterocycles. The minimum Gasteiger partial charge on any atom is -0.493 e. The van der Waals surface area contributed by atoms with Crippen molar-refractivity contribution in [3.8, 4) is 34.5 Å². The van der Waals surface area contributed by atoms with E-state index in [1.54, 1.807) is 37.2 Å². The lowest BCUT2D eigenvalue weighted by Crippen LogP contribution is -2.15. The highest BCUT2D eigenvalue weighted by molar-refractivity contribution is 5.91. The highest BCUT2D eigenvalue weighted by Crippen LogP contribution is 2.51. The SMILES string of the molecule is COc1ccc([C@H]2c3c(ccc4ccccc34)Oc3ncn4nc(-c5ccc(F)cc5)nc4c32)cc1OC. The minimum absolute atomic E-state index is 0.291. The third kappa shape index (κ3) is 3.37. The molecule has 186 valence electrons. The maximum Gasteiger partial charge on any atom is 0.228 e. The smallest absolute Gasteiger partial charge is 0.228 e. The highest BCUT2D eigenvalue weighted by atomic mass is 19.1. The number of halogens is 1. The molecule has 0 bridgehead atoms. The summed E-state index contributed by atoms with van der Waals surface area (Å²) in [5, 5.41) is 6.81. The third-order valence-electron chi connectivity index (χ3n) is 6.94. The van der Waals surface area contributed by atoms with Gasteiger partial charge in [0.1, 0.15) is 17.9 Å². The number of aromatic nitrogens is 4. The number of fused-ring (bicyclic) bond motifs is 6. The lowest BCUT2D eigenvalue weighted by molar-refractivity contribution is 0.354. The van der Waals surface area contributed by atoms with Crippen molar-refractivity contribution in [1.29, 1.82) is 0 Å². The molecule has 7 rings (SSSR count). The van der Waals surface area contributed by atoms with E-state index in [9.17, 15) is 4.39 Å². The molecule has 0 fully saturated rings. The molecular formula is C30H21FN4O3. The van der Waals surface area contributed by atoms with Gasteiger partial charge in [0, 0.05) is 17.0 Å². The summed E-state index contributed by atoms with van der Waals surface area (Å²) < 4.78 is 32.7. The van der Waals surface area contributed by atoms with Gasteiger partial charge in [-0.15, -0.1) is 5.10 Å². The molecule has 0 saturated carbocycles. The fourth-order valence-corrected chi connectivity index (χ4v) is 5.19. The van der Waals surface area contributed by atoms with Crippen LogP contribution in [0.3, 0.4) is 0 Å². The quantitative estimate of drug-likeness (QED) is 0.277. The van der Waals surface area contributed by atoms with Gasteiger partial charge in [-0.25, -0.2) is 18.9 Å². The van der Waals surface area contributed by atoms with Crippen LogP contribution in [0.2, 0.25) is 0 Å². The van der Waals surface area contributed by atoms with Crippen LogP contribution in [-0.4, -0.2) is 33.8 Å². The molecule has 0 radical (unpaired) electrons. The summed E-state index contributed by atoms with van der Waals surface area (Å²) in [4.78, 5) is 9.51. The maximum atomic E-state index is 13.6. The van der Waals surface area contributed by atoms with Crippen LogP contribution in [-0.2, 0) is 0 Å². The van der Waals surface area contributed by atoms with E-state index in [0.29, 0.717) is 34.4 Å². The van der Waals surface area contributed by atoms with Crippen molar-refractivity contribution in [2.75, 3.05) is 14.2 Å². The topological polar surface area (TPSA) is 70.8 Å². The van der Waals surface area contributed by atoms with Gasteiger partial charge in [-0.2, -0.15) is 0 Å². The Balaban J connectivity index is 1.53. The summed E-state index contributed by atoms with van der Waals surface area (Å²) in [6.45, 7) is 0. The zero-order chi connectivity index (χ0) is 25.8. The third-order valence-corrected chi connectivity index (χ3v) is 6.94. The minimum atomic E-state index is -0.318. The molecule has 0 amide bonds. The number of hydrogen-bond donors (Lipinski definition) is 0. The van der Waals surface area contributed by atoms with Crippen molar-refractivity contribution in [2.24, 2.45) is 0 Å². The molecule has 1 atom stereocenters. The van der Waals surface area contributed by atoms with Crippen molar-refractivity contribution in [1.82, 2.24) is 19.6 Å². The van der Waals surface area contributed by atoms with Crippen molar-refractivity contribution < 1.29 is 18.6 Å². The zero-order valence-corrected chi connectivity index (χ0v) is 20.6. The van der Waals surface area contributed by atoms with Gasteiger partial charge < -0.3 is 14.2 Å². The van der Waals surface area contributed by atoms with Gasteiger partial charge >= 0.3 is 0 Å². The molecule has 7 nitrogen and oxygen atoms in total. The summed E-state index contributed by atoms with van der Waals surface area (Å²) in [5.74, 6) is 2.30. The molecule has 0 saturated heterocycles. The van der Waals surface area contributed by atoms with Gasteiger partial charge in [-0.05, 0) is 58.8 Å². The van der Waals surface area contributed by atoms with E-state index in [1.807, 2.05) is 42.5 Å². The van der Waals surface area contributed by atoms with Gasteiger partial charge in [-0.3, -0.25) is 0 Å². The van der Waals surface area contributed by atoms with Crippen LogP contribution in [0.25, 0.3) is 27.8 Å². The van der Waals surface area contributed by atoms with Crippen molar-refractivity contribution >= 4 is 16.4 Å².